The number of hydrogen-bond donors (Lipinski definition) is 0. The van der Waals surface area contributed by atoms with Crippen LogP contribution < -0.4 is 4.90 Å². The van der Waals surface area contributed by atoms with Gasteiger partial charge < -0.3 is 14.5 Å². The normalized spacial score (nSPS) is 18.1. The molecule has 7 nitrogen and oxygen atoms in total. The molecule has 4 rings (SSSR count). The maximum absolute atomic E-state index is 12.8. The number of morpholine rings is 1. The summed E-state index contributed by atoms with van der Waals surface area (Å²) in [6, 6.07) is 9.78. The minimum Gasteiger partial charge on any atom is -0.379 e. The van der Waals surface area contributed by atoms with Gasteiger partial charge in [0.1, 0.15) is 5.82 Å². The molecule has 4 heterocycles. The first-order valence-electron chi connectivity index (χ1n) is 10.1. The van der Waals surface area contributed by atoms with Gasteiger partial charge in [-0.1, -0.05) is 6.07 Å². The lowest BCUT2D eigenvalue weighted by Crippen LogP contribution is -2.49. The van der Waals surface area contributed by atoms with E-state index in [0.29, 0.717) is 18.7 Å². The number of hydrogen-bond acceptors (Lipinski definition) is 7. The van der Waals surface area contributed by atoms with Crippen molar-refractivity contribution in [2.45, 2.75) is 5.03 Å². The van der Waals surface area contributed by atoms with Crippen LogP contribution in [0.15, 0.2) is 47.8 Å². The van der Waals surface area contributed by atoms with Gasteiger partial charge in [-0.25, -0.2) is 9.97 Å². The number of thioether (sulfide) groups is 1. The second-order valence-electron chi connectivity index (χ2n) is 7.15. The minimum absolute atomic E-state index is 0.0584. The standard InChI is InChI=1S/C21H27N5O2S/c27-21(26-9-7-25(8-10-26)19-3-1-2-6-22-19)18-4-5-20(23-17-18)29-16-13-24-11-14-28-15-12-24/h1-6,17H,7-16H2. The lowest BCUT2D eigenvalue weighted by Gasteiger charge is -2.35. The third kappa shape index (κ3) is 5.46. The van der Waals surface area contributed by atoms with Crippen molar-refractivity contribution in [2.24, 2.45) is 0 Å². The average molecular weight is 414 g/mol. The van der Waals surface area contributed by atoms with Crippen molar-refractivity contribution in [3.63, 3.8) is 0 Å². The molecular formula is C21H27N5O2S. The largest absolute Gasteiger partial charge is 0.379 e. The van der Waals surface area contributed by atoms with Gasteiger partial charge in [-0.3, -0.25) is 9.69 Å². The number of pyridine rings is 2. The number of rotatable bonds is 6. The monoisotopic (exact) mass is 413 g/mol. The molecule has 1 amide bonds. The molecule has 0 radical (unpaired) electrons. The first kappa shape index (κ1) is 20.1. The summed E-state index contributed by atoms with van der Waals surface area (Å²) in [5.74, 6) is 2.03. The second-order valence-corrected chi connectivity index (χ2v) is 8.27. The van der Waals surface area contributed by atoms with Crippen LogP contribution in [0, 0.1) is 0 Å². The quantitative estimate of drug-likeness (QED) is 0.670. The zero-order chi connectivity index (χ0) is 19.9. The lowest BCUT2D eigenvalue weighted by molar-refractivity contribution is 0.0410. The molecular weight excluding hydrogens is 386 g/mol. The molecule has 2 aliphatic heterocycles. The van der Waals surface area contributed by atoms with E-state index in [4.69, 9.17) is 4.74 Å². The van der Waals surface area contributed by atoms with Crippen molar-refractivity contribution < 1.29 is 9.53 Å². The second kappa shape index (κ2) is 10.0. The van der Waals surface area contributed by atoms with Crippen LogP contribution >= 0.6 is 11.8 Å². The number of carbonyl (C=O) groups excluding carboxylic acids is 1. The smallest absolute Gasteiger partial charge is 0.255 e. The predicted octanol–water partition coefficient (Wildman–Crippen LogP) is 1.86. The molecule has 0 aliphatic carbocycles. The summed E-state index contributed by atoms with van der Waals surface area (Å²) in [5.41, 5.74) is 0.661. The third-order valence-electron chi connectivity index (χ3n) is 5.28. The number of amides is 1. The Bertz CT molecular complexity index is 775. The van der Waals surface area contributed by atoms with Gasteiger partial charge in [-0.05, 0) is 24.3 Å². The molecule has 0 unspecified atom stereocenters. The van der Waals surface area contributed by atoms with Crippen molar-refractivity contribution >= 4 is 23.5 Å². The highest BCUT2D eigenvalue weighted by Gasteiger charge is 2.23. The topological polar surface area (TPSA) is 61.8 Å². The summed E-state index contributed by atoms with van der Waals surface area (Å²) in [6.07, 6.45) is 3.52. The number of aromatic nitrogens is 2. The van der Waals surface area contributed by atoms with E-state index in [1.54, 1.807) is 24.2 Å². The van der Waals surface area contributed by atoms with Gasteiger partial charge in [0.05, 0.1) is 23.8 Å². The van der Waals surface area contributed by atoms with E-state index in [0.717, 1.165) is 62.5 Å². The average Bonchev–Trinajstić information content (AvgIpc) is 2.80. The first-order chi connectivity index (χ1) is 14.3. The fourth-order valence-corrected chi connectivity index (χ4v) is 4.41. The van der Waals surface area contributed by atoms with Gasteiger partial charge in [-0.15, -0.1) is 11.8 Å². The zero-order valence-corrected chi connectivity index (χ0v) is 17.4. The predicted molar refractivity (Wildman–Crippen MR) is 115 cm³/mol. The third-order valence-corrected chi connectivity index (χ3v) is 6.21. The van der Waals surface area contributed by atoms with Crippen molar-refractivity contribution in [3.05, 3.63) is 48.3 Å². The van der Waals surface area contributed by atoms with Gasteiger partial charge in [0.25, 0.3) is 5.91 Å². The number of piperazine rings is 1. The van der Waals surface area contributed by atoms with E-state index < -0.39 is 0 Å². The van der Waals surface area contributed by atoms with Gasteiger partial charge >= 0.3 is 0 Å². The summed E-state index contributed by atoms with van der Waals surface area (Å²) in [6.45, 7) is 7.71. The number of anilines is 1. The maximum Gasteiger partial charge on any atom is 0.255 e. The Labute approximate surface area is 176 Å². The van der Waals surface area contributed by atoms with Gasteiger partial charge in [0, 0.05) is 64.0 Å². The number of carbonyl (C=O) groups is 1. The number of nitrogens with zero attached hydrogens (tertiary/aromatic N) is 5. The van der Waals surface area contributed by atoms with Crippen LogP contribution in [0.1, 0.15) is 10.4 Å². The Morgan fingerprint density at radius 3 is 2.52 bits per heavy atom. The summed E-state index contributed by atoms with van der Waals surface area (Å²) in [7, 11) is 0. The molecule has 2 fully saturated rings. The number of ether oxygens (including phenoxy) is 1. The molecule has 2 aliphatic rings. The van der Waals surface area contributed by atoms with Gasteiger partial charge in [-0.2, -0.15) is 0 Å². The highest BCUT2D eigenvalue weighted by molar-refractivity contribution is 7.99. The van der Waals surface area contributed by atoms with E-state index in [2.05, 4.69) is 19.8 Å². The van der Waals surface area contributed by atoms with E-state index in [1.165, 1.54) is 0 Å². The summed E-state index contributed by atoms with van der Waals surface area (Å²) >= 11 is 1.74. The molecule has 8 heteroatoms. The zero-order valence-electron chi connectivity index (χ0n) is 16.6. The minimum atomic E-state index is 0.0584. The van der Waals surface area contributed by atoms with Crippen molar-refractivity contribution in [2.75, 3.05) is 69.7 Å². The molecule has 2 saturated heterocycles. The molecule has 0 spiro atoms. The van der Waals surface area contributed by atoms with E-state index in [1.807, 2.05) is 35.2 Å². The molecule has 0 aromatic carbocycles. The highest BCUT2D eigenvalue weighted by atomic mass is 32.2. The first-order valence-corrected chi connectivity index (χ1v) is 11.1. The maximum atomic E-state index is 12.8. The highest BCUT2D eigenvalue weighted by Crippen LogP contribution is 2.18. The van der Waals surface area contributed by atoms with Gasteiger partial charge in [0.15, 0.2) is 0 Å². The Morgan fingerprint density at radius 1 is 1.00 bits per heavy atom. The van der Waals surface area contributed by atoms with E-state index >= 15 is 0 Å². The van der Waals surface area contributed by atoms with E-state index in [-0.39, 0.29) is 5.91 Å². The van der Waals surface area contributed by atoms with Crippen LogP contribution in [0.4, 0.5) is 5.82 Å². The fraction of sp³-hybridized carbons (Fsp3) is 0.476. The summed E-state index contributed by atoms with van der Waals surface area (Å²) in [4.78, 5) is 28.2. The lowest BCUT2D eigenvalue weighted by atomic mass is 10.2. The molecule has 0 saturated carbocycles. The van der Waals surface area contributed by atoms with Crippen LogP contribution in [0.5, 0.6) is 0 Å². The van der Waals surface area contributed by atoms with Crippen molar-refractivity contribution in [3.8, 4) is 0 Å². The molecule has 154 valence electrons. The Hall–Kier alpha value is -2.16. The van der Waals surface area contributed by atoms with Crippen LogP contribution in [-0.4, -0.2) is 90.5 Å². The van der Waals surface area contributed by atoms with Crippen LogP contribution in [0.25, 0.3) is 0 Å². The molecule has 2 aromatic rings. The molecule has 0 N–H and O–H groups in total. The summed E-state index contributed by atoms with van der Waals surface area (Å²) < 4.78 is 5.38. The van der Waals surface area contributed by atoms with Crippen molar-refractivity contribution in [1.82, 2.24) is 19.8 Å². The van der Waals surface area contributed by atoms with Crippen LogP contribution in [0.2, 0.25) is 0 Å². The molecule has 29 heavy (non-hydrogen) atoms. The molecule has 0 atom stereocenters. The van der Waals surface area contributed by atoms with Gasteiger partial charge in [0.2, 0.25) is 0 Å². The molecule has 2 aromatic heterocycles. The molecule has 0 bridgehead atoms. The summed E-state index contributed by atoms with van der Waals surface area (Å²) in [5, 5.41) is 0.967. The Balaban J connectivity index is 1.24. The van der Waals surface area contributed by atoms with Crippen LogP contribution in [-0.2, 0) is 4.74 Å². The Kier molecular flexibility index (Phi) is 6.97. The SMILES string of the molecule is O=C(c1ccc(SCCN2CCOCC2)nc1)N1CCN(c2ccccn2)CC1. The van der Waals surface area contributed by atoms with E-state index in [9.17, 15) is 4.79 Å². The fourth-order valence-electron chi connectivity index (χ4n) is 3.56. The van der Waals surface area contributed by atoms with Crippen LogP contribution in [0.3, 0.4) is 0 Å². The van der Waals surface area contributed by atoms with Crippen molar-refractivity contribution in [1.29, 1.82) is 0 Å². The Morgan fingerprint density at radius 2 is 1.83 bits per heavy atom.